The molecular weight excluding hydrogens is 188 g/mol. The van der Waals surface area contributed by atoms with Gasteiger partial charge in [-0.2, -0.15) is 0 Å². The van der Waals surface area contributed by atoms with Crippen molar-refractivity contribution in [2.45, 2.75) is 33.5 Å². The third kappa shape index (κ3) is 3.65. The van der Waals surface area contributed by atoms with Gasteiger partial charge in [0.2, 0.25) is 0 Å². The summed E-state index contributed by atoms with van der Waals surface area (Å²) in [4.78, 5) is 0. The summed E-state index contributed by atoms with van der Waals surface area (Å²) in [7, 11) is 0. The zero-order chi connectivity index (χ0) is 11.4. The second-order valence-electron chi connectivity index (χ2n) is 4.54. The molecule has 2 nitrogen and oxygen atoms in total. The summed E-state index contributed by atoms with van der Waals surface area (Å²) in [5.41, 5.74) is 1.80. The maximum Gasteiger partial charge on any atom is 0.178 e. The first-order valence-electron chi connectivity index (χ1n) is 5.45. The highest BCUT2D eigenvalue weighted by atomic mass is 16.5. The van der Waals surface area contributed by atoms with E-state index in [1.807, 2.05) is 12.1 Å². The summed E-state index contributed by atoms with van der Waals surface area (Å²) in [6.07, 6.45) is -0.319. The lowest BCUT2D eigenvalue weighted by molar-refractivity contribution is -0.0424. The largest absolute Gasteiger partial charge is 0.364 e. The average molecular weight is 208 g/mol. The molecule has 0 bridgehead atoms. The van der Waals surface area contributed by atoms with E-state index in [0.29, 0.717) is 17.4 Å². The zero-order valence-corrected chi connectivity index (χ0v) is 9.64. The molecule has 0 aliphatic rings. The van der Waals surface area contributed by atoms with Gasteiger partial charge in [-0.25, -0.2) is 0 Å². The zero-order valence-electron chi connectivity index (χ0n) is 9.64. The van der Waals surface area contributed by atoms with Crippen LogP contribution in [0.25, 0.3) is 0 Å². The van der Waals surface area contributed by atoms with Gasteiger partial charge < -0.3 is 10.2 Å². The second-order valence-corrected chi connectivity index (χ2v) is 4.54. The van der Waals surface area contributed by atoms with Gasteiger partial charge in [0.05, 0.1) is 0 Å². The molecule has 0 fully saturated rings. The van der Waals surface area contributed by atoms with Gasteiger partial charge >= 0.3 is 0 Å². The van der Waals surface area contributed by atoms with Crippen LogP contribution in [0.2, 0.25) is 0 Å². The molecule has 1 atom stereocenters. The van der Waals surface area contributed by atoms with E-state index in [2.05, 4.69) is 20.8 Å². The Kier molecular flexibility index (Phi) is 4.30. The first kappa shape index (κ1) is 12.2. The fourth-order valence-corrected chi connectivity index (χ4v) is 1.43. The first-order chi connectivity index (χ1) is 7.00. The van der Waals surface area contributed by atoms with E-state index in [-0.39, 0.29) is 0 Å². The third-order valence-corrected chi connectivity index (χ3v) is 2.97. The molecule has 2 N–H and O–H groups in total. The maximum absolute atomic E-state index is 8.94. The number of hydrogen-bond acceptors (Lipinski definition) is 2. The Morgan fingerprint density at radius 3 is 1.93 bits per heavy atom. The SMILES string of the molecule is CC(C)C(C)Cc1ccc(C(O)O)cc1. The number of aliphatic hydroxyl groups excluding tert-OH is 1. The predicted molar refractivity (Wildman–Crippen MR) is 61.3 cm³/mol. The minimum absolute atomic E-state index is 0.552. The Morgan fingerprint density at radius 2 is 1.53 bits per heavy atom. The van der Waals surface area contributed by atoms with Crippen molar-refractivity contribution in [1.29, 1.82) is 0 Å². The quantitative estimate of drug-likeness (QED) is 0.746. The summed E-state index contributed by atoms with van der Waals surface area (Å²) in [5, 5.41) is 17.9. The summed E-state index contributed by atoms with van der Waals surface area (Å²) in [6, 6.07) is 7.47. The number of benzene rings is 1. The van der Waals surface area contributed by atoms with Crippen molar-refractivity contribution in [2.24, 2.45) is 11.8 Å². The summed E-state index contributed by atoms with van der Waals surface area (Å²) >= 11 is 0. The fourth-order valence-electron chi connectivity index (χ4n) is 1.43. The van der Waals surface area contributed by atoms with E-state index < -0.39 is 6.29 Å². The lowest BCUT2D eigenvalue weighted by atomic mass is 9.91. The van der Waals surface area contributed by atoms with Crippen LogP contribution in [-0.4, -0.2) is 10.2 Å². The molecule has 1 rings (SSSR count). The molecule has 0 aromatic heterocycles. The van der Waals surface area contributed by atoms with Gasteiger partial charge in [-0.1, -0.05) is 45.0 Å². The molecule has 0 radical (unpaired) electrons. The normalized spacial score (nSPS) is 13.5. The first-order valence-corrected chi connectivity index (χ1v) is 5.45. The van der Waals surface area contributed by atoms with Gasteiger partial charge in [0.1, 0.15) is 0 Å². The minimum Gasteiger partial charge on any atom is -0.364 e. The lowest BCUT2D eigenvalue weighted by Crippen LogP contribution is -2.07. The summed E-state index contributed by atoms with van der Waals surface area (Å²) < 4.78 is 0. The molecule has 2 heteroatoms. The molecule has 0 aliphatic carbocycles. The van der Waals surface area contributed by atoms with Gasteiger partial charge in [-0.3, -0.25) is 0 Å². The molecule has 1 aromatic carbocycles. The van der Waals surface area contributed by atoms with Crippen LogP contribution in [0.15, 0.2) is 24.3 Å². The van der Waals surface area contributed by atoms with Gasteiger partial charge in [-0.15, -0.1) is 0 Å². The van der Waals surface area contributed by atoms with E-state index in [9.17, 15) is 0 Å². The van der Waals surface area contributed by atoms with Gasteiger partial charge in [-0.05, 0) is 23.8 Å². The van der Waals surface area contributed by atoms with Gasteiger partial charge in [0, 0.05) is 5.56 Å². The van der Waals surface area contributed by atoms with Crippen molar-refractivity contribution >= 4 is 0 Å². The van der Waals surface area contributed by atoms with Crippen LogP contribution in [0.5, 0.6) is 0 Å². The van der Waals surface area contributed by atoms with Gasteiger partial charge in [0.15, 0.2) is 6.29 Å². The molecule has 0 amide bonds. The Morgan fingerprint density at radius 1 is 1.00 bits per heavy atom. The highest BCUT2D eigenvalue weighted by Gasteiger charge is 2.08. The van der Waals surface area contributed by atoms with Crippen LogP contribution in [0.3, 0.4) is 0 Å². The Labute approximate surface area is 91.6 Å². The number of aliphatic hydroxyl groups is 2. The lowest BCUT2D eigenvalue weighted by Gasteiger charge is -2.15. The minimum atomic E-state index is -1.36. The highest BCUT2D eigenvalue weighted by molar-refractivity contribution is 5.23. The molecular formula is C13H20O2. The van der Waals surface area contributed by atoms with E-state index in [1.165, 1.54) is 5.56 Å². The van der Waals surface area contributed by atoms with Crippen LogP contribution in [-0.2, 0) is 6.42 Å². The molecule has 0 heterocycles. The predicted octanol–water partition coefficient (Wildman–Crippen LogP) is 2.50. The molecule has 0 aliphatic heterocycles. The second kappa shape index (κ2) is 5.29. The van der Waals surface area contributed by atoms with Crippen molar-refractivity contribution in [3.8, 4) is 0 Å². The van der Waals surface area contributed by atoms with Crippen molar-refractivity contribution < 1.29 is 10.2 Å². The monoisotopic (exact) mass is 208 g/mol. The Balaban J connectivity index is 2.64. The van der Waals surface area contributed by atoms with Crippen molar-refractivity contribution in [3.05, 3.63) is 35.4 Å². The molecule has 0 saturated carbocycles. The fraction of sp³-hybridized carbons (Fsp3) is 0.538. The summed E-state index contributed by atoms with van der Waals surface area (Å²) in [6.45, 7) is 6.67. The van der Waals surface area contributed by atoms with Crippen LogP contribution >= 0.6 is 0 Å². The number of rotatable bonds is 4. The molecule has 0 saturated heterocycles. The van der Waals surface area contributed by atoms with Crippen LogP contribution in [0.4, 0.5) is 0 Å². The number of hydrogen-bond donors (Lipinski definition) is 2. The molecule has 84 valence electrons. The van der Waals surface area contributed by atoms with E-state index in [1.54, 1.807) is 12.1 Å². The Hall–Kier alpha value is -0.860. The molecule has 1 unspecified atom stereocenters. The van der Waals surface area contributed by atoms with Crippen LogP contribution in [0.1, 0.15) is 38.2 Å². The van der Waals surface area contributed by atoms with E-state index >= 15 is 0 Å². The third-order valence-electron chi connectivity index (χ3n) is 2.97. The van der Waals surface area contributed by atoms with Crippen LogP contribution in [0, 0.1) is 11.8 Å². The van der Waals surface area contributed by atoms with E-state index in [0.717, 1.165) is 6.42 Å². The molecule has 0 spiro atoms. The van der Waals surface area contributed by atoms with E-state index in [4.69, 9.17) is 10.2 Å². The maximum atomic E-state index is 8.94. The van der Waals surface area contributed by atoms with Crippen molar-refractivity contribution in [2.75, 3.05) is 0 Å². The van der Waals surface area contributed by atoms with Gasteiger partial charge in [0.25, 0.3) is 0 Å². The average Bonchev–Trinajstić information content (AvgIpc) is 2.18. The smallest absolute Gasteiger partial charge is 0.178 e. The standard InChI is InChI=1S/C13H20O2/c1-9(2)10(3)8-11-4-6-12(7-5-11)13(14)15/h4-7,9-10,13-15H,8H2,1-3H3. The molecule has 1 aromatic rings. The Bertz CT molecular complexity index is 288. The highest BCUT2D eigenvalue weighted by Crippen LogP contribution is 2.18. The van der Waals surface area contributed by atoms with Crippen molar-refractivity contribution in [1.82, 2.24) is 0 Å². The topological polar surface area (TPSA) is 40.5 Å². The van der Waals surface area contributed by atoms with Crippen molar-refractivity contribution in [3.63, 3.8) is 0 Å². The summed E-state index contributed by atoms with van der Waals surface area (Å²) in [5.74, 6) is 1.32. The molecule has 15 heavy (non-hydrogen) atoms. The van der Waals surface area contributed by atoms with Crippen LogP contribution < -0.4 is 0 Å².